The molecule has 0 amide bonds. The van der Waals surface area contributed by atoms with Crippen LogP contribution in [-0.4, -0.2) is 31.1 Å². The van der Waals surface area contributed by atoms with Gasteiger partial charge in [0.05, 0.1) is 26.3 Å². The number of ether oxygens (including phenoxy) is 2. The molecule has 1 aliphatic heterocycles. The number of rotatable bonds is 6. The van der Waals surface area contributed by atoms with Gasteiger partial charge in [0.2, 0.25) is 0 Å². The second kappa shape index (κ2) is 9.54. The summed E-state index contributed by atoms with van der Waals surface area (Å²) in [5, 5.41) is 3.63. The molecule has 1 heterocycles. The Morgan fingerprint density at radius 1 is 1.03 bits per heavy atom. The number of nitrogens with zero attached hydrogens (tertiary/aromatic N) is 1. The Hall–Kier alpha value is -2.83. The Kier molecular flexibility index (Phi) is 6.59. The highest BCUT2D eigenvalue weighted by Crippen LogP contribution is 2.46. The second-order valence-electron chi connectivity index (χ2n) is 7.31. The molecule has 0 saturated carbocycles. The molecule has 0 aromatic heterocycles. The summed E-state index contributed by atoms with van der Waals surface area (Å²) in [6, 6.07) is 24.2. The molecule has 1 N–H and O–H groups in total. The number of methoxy groups -OCH3 is 1. The lowest BCUT2D eigenvalue weighted by Gasteiger charge is -2.44. The Labute approximate surface area is 191 Å². The van der Waals surface area contributed by atoms with Crippen LogP contribution in [0.25, 0.3) is 0 Å². The Morgan fingerprint density at radius 3 is 2.52 bits per heavy atom. The van der Waals surface area contributed by atoms with Gasteiger partial charge in [-0.1, -0.05) is 64.5 Å². The minimum atomic E-state index is -0.278. The van der Waals surface area contributed by atoms with Gasteiger partial charge in [-0.3, -0.25) is 9.69 Å². The van der Waals surface area contributed by atoms with Crippen LogP contribution in [0.15, 0.2) is 77.3 Å². The zero-order chi connectivity index (χ0) is 21.8. The van der Waals surface area contributed by atoms with Crippen LogP contribution in [0.3, 0.4) is 0 Å². The molecule has 160 valence electrons. The maximum Gasteiger partial charge on any atom is 0.320 e. The second-order valence-corrected chi connectivity index (χ2v) is 8.23. The van der Waals surface area contributed by atoms with E-state index in [1.807, 2.05) is 55.5 Å². The molecule has 0 aliphatic carbocycles. The first kappa shape index (κ1) is 21.4. The smallest absolute Gasteiger partial charge is 0.320 e. The number of benzene rings is 3. The van der Waals surface area contributed by atoms with E-state index in [2.05, 4.69) is 50.4 Å². The van der Waals surface area contributed by atoms with Gasteiger partial charge in [0.1, 0.15) is 11.9 Å². The van der Waals surface area contributed by atoms with E-state index < -0.39 is 0 Å². The minimum Gasteiger partial charge on any atom is -0.496 e. The van der Waals surface area contributed by atoms with Crippen LogP contribution in [0.1, 0.15) is 35.8 Å². The number of hydrogen-bond donors (Lipinski definition) is 1. The van der Waals surface area contributed by atoms with Crippen molar-refractivity contribution in [3.63, 3.8) is 0 Å². The standard InChI is InChI=1S/C25H25BrN2O3/c1-3-31-23(29)16-28-24(17-9-5-4-6-10-17)20-15-18(26)13-14-21(20)27-25(28)19-11-7-8-12-22(19)30-2/h4-15,24-25,27H,3,16H2,1-2H3/t24-,25+/m0/s1. The number of nitrogens with one attached hydrogen (secondary N) is 1. The van der Waals surface area contributed by atoms with Gasteiger partial charge >= 0.3 is 5.97 Å². The highest BCUT2D eigenvalue weighted by atomic mass is 79.9. The molecule has 5 nitrogen and oxygen atoms in total. The van der Waals surface area contributed by atoms with Crippen molar-refractivity contribution in [2.75, 3.05) is 25.6 Å². The number of hydrogen-bond acceptors (Lipinski definition) is 5. The summed E-state index contributed by atoms with van der Waals surface area (Å²) in [6.07, 6.45) is -0.278. The summed E-state index contributed by atoms with van der Waals surface area (Å²) < 4.78 is 12.0. The topological polar surface area (TPSA) is 50.8 Å². The van der Waals surface area contributed by atoms with Gasteiger partial charge < -0.3 is 14.8 Å². The van der Waals surface area contributed by atoms with Crippen molar-refractivity contribution in [2.45, 2.75) is 19.1 Å². The zero-order valence-electron chi connectivity index (χ0n) is 17.5. The summed E-state index contributed by atoms with van der Waals surface area (Å²) in [5.41, 5.74) is 4.18. The third-order valence-corrected chi connectivity index (χ3v) is 5.92. The Morgan fingerprint density at radius 2 is 1.77 bits per heavy atom. The number of esters is 1. The van der Waals surface area contributed by atoms with Crippen LogP contribution < -0.4 is 10.1 Å². The fourth-order valence-electron chi connectivity index (χ4n) is 4.14. The molecule has 3 aromatic rings. The molecular weight excluding hydrogens is 456 g/mol. The fraction of sp³-hybridized carbons (Fsp3) is 0.240. The average Bonchev–Trinajstić information content (AvgIpc) is 2.79. The molecule has 0 fully saturated rings. The first-order valence-corrected chi connectivity index (χ1v) is 11.1. The normalized spacial score (nSPS) is 18.0. The average molecular weight is 481 g/mol. The van der Waals surface area contributed by atoms with Gasteiger partial charge in [-0.05, 0) is 42.3 Å². The number of carbonyl (C=O) groups excluding carboxylic acids is 1. The largest absolute Gasteiger partial charge is 0.496 e. The summed E-state index contributed by atoms with van der Waals surface area (Å²) in [4.78, 5) is 14.8. The summed E-state index contributed by atoms with van der Waals surface area (Å²) in [6.45, 7) is 2.30. The maximum absolute atomic E-state index is 12.7. The minimum absolute atomic E-state index is 0.134. The lowest BCUT2D eigenvalue weighted by molar-refractivity contribution is -0.145. The number of para-hydroxylation sites is 1. The molecule has 31 heavy (non-hydrogen) atoms. The van der Waals surface area contributed by atoms with E-state index in [4.69, 9.17) is 9.47 Å². The van der Waals surface area contributed by atoms with Crippen LogP contribution in [-0.2, 0) is 9.53 Å². The van der Waals surface area contributed by atoms with Crippen molar-refractivity contribution >= 4 is 27.6 Å². The van der Waals surface area contributed by atoms with Crippen molar-refractivity contribution in [1.82, 2.24) is 4.90 Å². The number of carbonyl (C=O) groups is 1. The number of fused-ring (bicyclic) bond motifs is 1. The van der Waals surface area contributed by atoms with Gasteiger partial charge in [-0.25, -0.2) is 0 Å². The predicted octanol–water partition coefficient (Wildman–Crippen LogP) is 5.54. The Balaban J connectivity index is 1.90. The molecule has 0 saturated heterocycles. The van der Waals surface area contributed by atoms with Crippen LogP contribution in [0, 0.1) is 0 Å². The Bertz CT molecular complexity index is 1060. The van der Waals surface area contributed by atoms with E-state index in [1.165, 1.54) is 0 Å². The molecule has 0 spiro atoms. The molecule has 1 aliphatic rings. The fourth-order valence-corrected chi connectivity index (χ4v) is 4.52. The summed E-state index contributed by atoms with van der Waals surface area (Å²) in [7, 11) is 1.66. The lowest BCUT2D eigenvalue weighted by atomic mass is 9.91. The van der Waals surface area contributed by atoms with Gasteiger partial charge in [-0.15, -0.1) is 0 Å². The maximum atomic E-state index is 12.7. The van der Waals surface area contributed by atoms with Crippen LogP contribution in [0.2, 0.25) is 0 Å². The van der Waals surface area contributed by atoms with Gasteiger partial charge in [-0.2, -0.15) is 0 Å². The molecule has 3 aromatic carbocycles. The van der Waals surface area contributed by atoms with Crippen LogP contribution >= 0.6 is 15.9 Å². The predicted molar refractivity (Wildman–Crippen MR) is 125 cm³/mol. The highest BCUT2D eigenvalue weighted by molar-refractivity contribution is 9.10. The van der Waals surface area contributed by atoms with Gasteiger partial charge in [0.15, 0.2) is 0 Å². The molecule has 4 rings (SSSR count). The van der Waals surface area contributed by atoms with E-state index in [0.717, 1.165) is 32.6 Å². The summed E-state index contributed by atoms with van der Waals surface area (Å²) in [5.74, 6) is 0.504. The lowest BCUT2D eigenvalue weighted by Crippen LogP contribution is -2.44. The molecule has 6 heteroatoms. The van der Waals surface area contributed by atoms with Crippen LogP contribution in [0.4, 0.5) is 5.69 Å². The van der Waals surface area contributed by atoms with Crippen molar-refractivity contribution in [3.8, 4) is 5.75 Å². The summed E-state index contributed by atoms with van der Waals surface area (Å²) >= 11 is 3.61. The van der Waals surface area contributed by atoms with E-state index in [0.29, 0.717) is 6.61 Å². The van der Waals surface area contributed by atoms with E-state index in [9.17, 15) is 4.79 Å². The highest BCUT2D eigenvalue weighted by Gasteiger charge is 2.38. The quantitative estimate of drug-likeness (QED) is 0.469. The molecule has 0 bridgehead atoms. The molecule has 0 radical (unpaired) electrons. The van der Waals surface area contributed by atoms with Gasteiger partial charge in [0, 0.05) is 15.7 Å². The number of halogens is 1. The zero-order valence-corrected chi connectivity index (χ0v) is 19.1. The van der Waals surface area contributed by atoms with Gasteiger partial charge in [0.25, 0.3) is 0 Å². The third-order valence-electron chi connectivity index (χ3n) is 5.43. The SMILES string of the molecule is CCOC(=O)CN1[C@@H](c2ccccc2)c2cc(Br)ccc2N[C@H]1c1ccccc1OC. The third kappa shape index (κ3) is 4.45. The monoisotopic (exact) mass is 480 g/mol. The van der Waals surface area contributed by atoms with Crippen LogP contribution in [0.5, 0.6) is 5.75 Å². The van der Waals surface area contributed by atoms with Crippen molar-refractivity contribution in [2.24, 2.45) is 0 Å². The van der Waals surface area contributed by atoms with Crippen molar-refractivity contribution in [3.05, 3.63) is 94.0 Å². The van der Waals surface area contributed by atoms with E-state index >= 15 is 0 Å². The molecule has 0 unspecified atom stereocenters. The van der Waals surface area contributed by atoms with E-state index in [1.54, 1.807) is 7.11 Å². The first-order valence-electron chi connectivity index (χ1n) is 10.3. The van der Waals surface area contributed by atoms with Crippen molar-refractivity contribution < 1.29 is 14.3 Å². The number of anilines is 1. The molecular formula is C25H25BrN2O3. The first-order chi connectivity index (χ1) is 15.1. The van der Waals surface area contributed by atoms with Crippen molar-refractivity contribution in [1.29, 1.82) is 0 Å². The van der Waals surface area contributed by atoms with E-state index in [-0.39, 0.29) is 24.7 Å². The molecule has 2 atom stereocenters.